The molecule has 158 valence electrons. The lowest BCUT2D eigenvalue weighted by molar-refractivity contribution is -0.384. The fourth-order valence-corrected chi connectivity index (χ4v) is 2.98. The second kappa shape index (κ2) is 10.7. The van der Waals surface area contributed by atoms with E-state index in [1.54, 1.807) is 5.01 Å². The molecule has 0 fully saturated rings. The number of hydrogen-bond acceptors (Lipinski definition) is 5. The van der Waals surface area contributed by atoms with Crippen LogP contribution in [0.1, 0.15) is 21.5 Å². The zero-order valence-electron chi connectivity index (χ0n) is 16.7. The van der Waals surface area contributed by atoms with Gasteiger partial charge in [-0.25, -0.2) is 5.01 Å². The Balaban J connectivity index is 1.60. The van der Waals surface area contributed by atoms with E-state index in [-0.39, 0.29) is 17.8 Å². The Morgan fingerprint density at radius 1 is 0.839 bits per heavy atom. The van der Waals surface area contributed by atoms with Gasteiger partial charge in [-0.2, -0.15) is 0 Å². The van der Waals surface area contributed by atoms with Gasteiger partial charge in [-0.3, -0.25) is 25.1 Å². The van der Waals surface area contributed by atoms with Gasteiger partial charge in [0.25, 0.3) is 17.5 Å². The summed E-state index contributed by atoms with van der Waals surface area (Å²) in [4.78, 5) is 35.0. The molecule has 0 atom stereocenters. The quantitative estimate of drug-likeness (QED) is 0.411. The van der Waals surface area contributed by atoms with Crippen molar-refractivity contribution in [2.75, 3.05) is 6.54 Å². The monoisotopic (exact) mass is 418 g/mol. The van der Waals surface area contributed by atoms with Gasteiger partial charge in [0.2, 0.25) is 0 Å². The van der Waals surface area contributed by atoms with E-state index in [2.05, 4.69) is 10.7 Å². The average molecular weight is 418 g/mol. The molecule has 3 aromatic carbocycles. The zero-order chi connectivity index (χ0) is 22.1. The summed E-state index contributed by atoms with van der Waals surface area (Å²) in [7, 11) is 0. The van der Waals surface area contributed by atoms with Crippen LogP contribution in [0.15, 0.2) is 84.9 Å². The lowest BCUT2D eigenvalue weighted by Gasteiger charge is -2.23. The minimum atomic E-state index is -0.575. The molecule has 2 amide bonds. The third-order valence-electron chi connectivity index (χ3n) is 4.44. The van der Waals surface area contributed by atoms with Crippen LogP contribution in [0.4, 0.5) is 5.69 Å². The second-order valence-electron chi connectivity index (χ2n) is 6.85. The van der Waals surface area contributed by atoms with E-state index in [1.165, 1.54) is 24.3 Å². The predicted octanol–water partition coefficient (Wildman–Crippen LogP) is 3.06. The standard InChI is InChI=1S/C23H22N4O4/c28-22(15-24-23(29)20-12-7-13-21(14-20)27(30)31)25-26(16-18-8-3-1-4-9-18)17-19-10-5-2-6-11-19/h1-14H,15-17H2,(H,24,29)(H,25,28). The van der Waals surface area contributed by atoms with Gasteiger partial charge in [0.05, 0.1) is 11.5 Å². The van der Waals surface area contributed by atoms with Crippen LogP contribution >= 0.6 is 0 Å². The summed E-state index contributed by atoms with van der Waals surface area (Å²) in [6.45, 7) is 0.711. The molecule has 0 saturated carbocycles. The first-order chi connectivity index (χ1) is 15.0. The van der Waals surface area contributed by atoms with Gasteiger partial charge in [0, 0.05) is 30.8 Å². The van der Waals surface area contributed by atoms with Crippen LogP contribution in [-0.4, -0.2) is 28.3 Å². The fraction of sp³-hybridized carbons (Fsp3) is 0.130. The van der Waals surface area contributed by atoms with Crippen LogP contribution in [0.25, 0.3) is 0 Å². The van der Waals surface area contributed by atoms with Crippen LogP contribution in [0.3, 0.4) is 0 Å². The maximum absolute atomic E-state index is 12.5. The Hall–Kier alpha value is -4.04. The Bertz CT molecular complexity index is 1000. The van der Waals surface area contributed by atoms with Crippen molar-refractivity contribution in [2.24, 2.45) is 0 Å². The molecule has 0 spiro atoms. The third-order valence-corrected chi connectivity index (χ3v) is 4.44. The SMILES string of the molecule is O=C(CNC(=O)c1cccc([N+](=O)[O-])c1)NN(Cc1ccccc1)Cc1ccccc1. The number of nitrogens with one attached hydrogen (secondary N) is 2. The van der Waals surface area contributed by atoms with Gasteiger partial charge < -0.3 is 5.32 Å². The molecule has 0 unspecified atom stereocenters. The number of nitrogens with zero attached hydrogens (tertiary/aromatic N) is 2. The van der Waals surface area contributed by atoms with Crippen molar-refractivity contribution in [3.63, 3.8) is 0 Å². The van der Waals surface area contributed by atoms with Crippen molar-refractivity contribution in [1.29, 1.82) is 0 Å². The normalized spacial score (nSPS) is 10.5. The summed E-state index contributed by atoms with van der Waals surface area (Å²) in [5.41, 5.74) is 4.81. The molecule has 2 N–H and O–H groups in total. The number of carbonyl (C=O) groups excluding carboxylic acids is 2. The first kappa shape index (κ1) is 21.7. The fourth-order valence-electron chi connectivity index (χ4n) is 2.98. The van der Waals surface area contributed by atoms with Crippen molar-refractivity contribution in [3.05, 3.63) is 112 Å². The highest BCUT2D eigenvalue weighted by Crippen LogP contribution is 2.13. The number of hydrazine groups is 1. The molecule has 0 saturated heterocycles. The highest BCUT2D eigenvalue weighted by Gasteiger charge is 2.14. The molecule has 0 aliphatic rings. The topological polar surface area (TPSA) is 105 Å². The zero-order valence-corrected chi connectivity index (χ0v) is 16.7. The highest BCUT2D eigenvalue weighted by atomic mass is 16.6. The Morgan fingerprint density at radius 3 is 1.97 bits per heavy atom. The van der Waals surface area contributed by atoms with Crippen molar-refractivity contribution in [3.8, 4) is 0 Å². The molecule has 3 rings (SSSR count). The summed E-state index contributed by atoms with van der Waals surface area (Å²) in [6, 6.07) is 24.8. The maximum Gasteiger partial charge on any atom is 0.270 e. The molecule has 8 nitrogen and oxygen atoms in total. The van der Waals surface area contributed by atoms with Crippen molar-refractivity contribution >= 4 is 17.5 Å². The third kappa shape index (κ3) is 6.76. The Labute approximate surface area is 179 Å². The van der Waals surface area contributed by atoms with E-state index in [0.717, 1.165) is 11.1 Å². The van der Waals surface area contributed by atoms with E-state index in [9.17, 15) is 19.7 Å². The number of nitro groups is 1. The number of carbonyl (C=O) groups is 2. The summed E-state index contributed by atoms with van der Waals surface area (Å²) in [5, 5.41) is 15.1. The van der Waals surface area contributed by atoms with E-state index in [0.29, 0.717) is 13.1 Å². The minimum Gasteiger partial charge on any atom is -0.343 e. The summed E-state index contributed by atoms with van der Waals surface area (Å²) in [6.07, 6.45) is 0. The van der Waals surface area contributed by atoms with Gasteiger partial charge >= 0.3 is 0 Å². The first-order valence-corrected chi connectivity index (χ1v) is 9.66. The second-order valence-corrected chi connectivity index (χ2v) is 6.85. The molecule has 8 heteroatoms. The van der Waals surface area contributed by atoms with Gasteiger partial charge in [0.1, 0.15) is 0 Å². The number of rotatable bonds is 9. The van der Waals surface area contributed by atoms with Gasteiger partial charge in [-0.15, -0.1) is 0 Å². The van der Waals surface area contributed by atoms with Crippen LogP contribution in [0.5, 0.6) is 0 Å². The van der Waals surface area contributed by atoms with Gasteiger partial charge in [-0.05, 0) is 17.2 Å². The molecule has 0 aliphatic heterocycles. The largest absolute Gasteiger partial charge is 0.343 e. The molecule has 0 heterocycles. The van der Waals surface area contributed by atoms with E-state index in [4.69, 9.17) is 0 Å². The number of non-ortho nitro benzene ring substituents is 1. The molecular formula is C23H22N4O4. The van der Waals surface area contributed by atoms with Crippen LogP contribution < -0.4 is 10.7 Å². The van der Waals surface area contributed by atoms with Gasteiger partial charge in [0.15, 0.2) is 0 Å². The number of hydrogen-bond donors (Lipinski definition) is 2. The summed E-state index contributed by atoms with van der Waals surface area (Å²) < 4.78 is 0. The molecular weight excluding hydrogens is 396 g/mol. The summed E-state index contributed by atoms with van der Waals surface area (Å²) in [5.74, 6) is -0.956. The smallest absolute Gasteiger partial charge is 0.270 e. The lowest BCUT2D eigenvalue weighted by atomic mass is 10.2. The number of nitro benzene ring substituents is 1. The molecule has 0 bridgehead atoms. The molecule has 0 aliphatic carbocycles. The molecule has 0 aromatic heterocycles. The Morgan fingerprint density at radius 2 is 1.42 bits per heavy atom. The number of amides is 2. The van der Waals surface area contributed by atoms with E-state index in [1.807, 2.05) is 60.7 Å². The lowest BCUT2D eigenvalue weighted by Crippen LogP contribution is -2.46. The van der Waals surface area contributed by atoms with Crippen LogP contribution in [0, 0.1) is 10.1 Å². The molecule has 31 heavy (non-hydrogen) atoms. The van der Waals surface area contributed by atoms with Crippen LogP contribution in [0.2, 0.25) is 0 Å². The van der Waals surface area contributed by atoms with Crippen LogP contribution in [-0.2, 0) is 17.9 Å². The van der Waals surface area contributed by atoms with Crippen molar-refractivity contribution in [1.82, 2.24) is 15.8 Å². The predicted molar refractivity (Wildman–Crippen MR) is 116 cm³/mol. The van der Waals surface area contributed by atoms with E-state index >= 15 is 0 Å². The number of benzene rings is 3. The molecule has 3 aromatic rings. The van der Waals surface area contributed by atoms with Crippen molar-refractivity contribution in [2.45, 2.75) is 13.1 Å². The first-order valence-electron chi connectivity index (χ1n) is 9.66. The summed E-state index contributed by atoms with van der Waals surface area (Å²) >= 11 is 0. The Kier molecular flexibility index (Phi) is 7.45. The van der Waals surface area contributed by atoms with Crippen molar-refractivity contribution < 1.29 is 14.5 Å². The van der Waals surface area contributed by atoms with E-state index < -0.39 is 16.7 Å². The average Bonchev–Trinajstić information content (AvgIpc) is 2.79. The molecule has 0 radical (unpaired) electrons. The van der Waals surface area contributed by atoms with Gasteiger partial charge in [-0.1, -0.05) is 66.7 Å². The maximum atomic E-state index is 12.5. The minimum absolute atomic E-state index is 0.118. The highest BCUT2D eigenvalue weighted by molar-refractivity contribution is 5.96.